The smallest absolute Gasteiger partial charge is 0.159 e. The van der Waals surface area contributed by atoms with E-state index in [0.717, 1.165) is 30.0 Å². The van der Waals surface area contributed by atoms with Gasteiger partial charge in [0, 0.05) is 17.5 Å². The van der Waals surface area contributed by atoms with Gasteiger partial charge in [0.05, 0.1) is 11.8 Å². The second-order valence-corrected chi connectivity index (χ2v) is 6.79. The number of fused-ring (bicyclic) bond motifs is 1. The normalized spacial score (nSPS) is 16.5. The van der Waals surface area contributed by atoms with Gasteiger partial charge >= 0.3 is 0 Å². The number of aliphatic hydroxyl groups is 1. The van der Waals surface area contributed by atoms with Crippen LogP contribution in [0.4, 0.5) is 8.78 Å². The van der Waals surface area contributed by atoms with Gasteiger partial charge in [0.2, 0.25) is 0 Å². The zero-order valence-electron chi connectivity index (χ0n) is 12.3. The summed E-state index contributed by atoms with van der Waals surface area (Å²) in [6.07, 6.45) is 2.45. The Bertz CT molecular complexity index is 653. The van der Waals surface area contributed by atoms with Gasteiger partial charge in [-0.25, -0.2) is 13.8 Å². The van der Waals surface area contributed by atoms with Gasteiger partial charge in [-0.3, -0.25) is 0 Å². The lowest BCUT2D eigenvalue weighted by molar-refractivity contribution is 0.135. The van der Waals surface area contributed by atoms with Crippen LogP contribution in [0.3, 0.4) is 0 Å². The first-order chi connectivity index (χ1) is 10.5. The number of aliphatic hydroxyl groups excluding tert-OH is 1. The van der Waals surface area contributed by atoms with Crippen LogP contribution in [0.25, 0.3) is 0 Å². The Morgan fingerprint density at radius 3 is 2.86 bits per heavy atom. The van der Waals surface area contributed by atoms with Crippen LogP contribution >= 0.6 is 11.3 Å². The molecule has 2 aromatic rings. The minimum Gasteiger partial charge on any atom is -0.387 e. The summed E-state index contributed by atoms with van der Waals surface area (Å²) in [5, 5.41) is 14.4. The quantitative estimate of drug-likeness (QED) is 0.888. The van der Waals surface area contributed by atoms with Crippen LogP contribution in [0.5, 0.6) is 0 Å². The Morgan fingerprint density at radius 1 is 1.32 bits per heavy atom. The molecule has 3 rings (SSSR count). The molecule has 2 N–H and O–H groups in total. The highest BCUT2D eigenvalue weighted by Crippen LogP contribution is 2.27. The third kappa shape index (κ3) is 3.19. The van der Waals surface area contributed by atoms with Crippen LogP contribution in [0.2, 0.25) is 0 Å². The summed E-state index contributed by atoms with van der Waals surface area (Å²) in [4.78, 5) is 5.95. The molecule has 2 atom stereocenters. The third-order valence-electron chi connectivity index (χ3n) is 3.97. The van der Waals surface area contributed by atoms with Crippen molar-refractivity contribution in [3.8, 4) is 0 Å². The molecule has 2 unspecified atom stereocenters. The fraction of sp³-hybridized carbons (Fsp3) is 0.438. The molecule has 0 saturated carbocycles. The molecule has 6 heteroatoms. The highest BCUT2D eigenvalue weighted by Gasteiger charge is 2.20. The number of aromatic nitrogens is 1. The van der Waals surface area contributed by atoms with Crippen molar-refractivity contribution in [2.75, 3.05) is 0 Å². The lowest BCUT2D eigenvalue weighted by Crippen LogP contribution is -2.31. The van der Waals surface area contributed by atoms with E-state index in [1.165, 1.54) is 23.1 Å². The predicted molar refractivity (Wildman–Crippen MR) is 81.8 cm³/mol. The van der Waals surface area contributed by atoms with Crippen molar-refractivity contribution in [3.63, 3.8) is 0 Å². The van der Waals surface area contributed by atoms with Gasteiger partial charge in [-0.1, -0.05) is 6.07 Å². The van der Waals surface area contributed by atoms with E-state index in [-0.39, 0.29) is 6.04 Å². The molecule has 0 saturated heterocycles. The number of nitrogens with zero attached hydrogens (tertiary/aromatic N) is 1. The summed E-state index contributed by atoms with van der Waals surface area (Å²) < 4.78 is 26.2. The van der Waals surface area contributed by atoms with Gasteiger partial charge in [0.15, 0.2) is 11.6 Å². The molecule has 0 aliphatic heterocycles. The van der Waals surface area contributed by atoms with Crippen LogP contribution in [-0.4, -0.2) is 16.1 Å². The fourth-order valence-electron chi connectivity index (χ4n) is 2.66. The van der Waals surface area contributed by atoms with Crippen molar-refractivity contribution >= 4 is 11.3 Å². The van der Waals surface area contributed by atoms with Crippen LogP contribution in [0.15, 0.2) is 18.2 Å². The van der Waals surface area contributed by atoms with E-state index in [2.05, 4.69) is 10.3 Å². The lowest BCUT2D eigenvalue weighted by Gasteiger charge is -2.20. The maximum Gasteiger partial charge on any atom is 0.159 e. The molecule has 0 amide bonds. The zero-order chi connectivity index (χ0) is 15.7. The summed E-state index contributed by atoms with van der Waals surface area (Å²) >= 11 is 1.71. The number of hydrogen-bond donors (Lipinski definition) is 2. The molecule has 0 spiro atoms. The van der Waals surface area contributed by atoms with Crippen molar-refractivity contribution in [2.45, 2.75) is 44.9 Å². The van der Waals surface area contributed by atoms with Gasteiger partial charge < -0.3 is 10.4 Å². The zero-order valence-corrected chi connectivity index (χ0v) is 13.1. The number of nitrogens with one attached hydrogen (secondary N) is 1. The largest absolute Gasteiger partial charge is 0.387 e. The number of halogens is 2. The molecule has 22 heavy (non-hydrogen) atoms. The fourth-order valence-corrected chi connectivity index (χ4v) is 3.77. The highest BCUT2D eigenvalue weighted by atomic mass is 32.1. The van der Waals surface area contributed by atoms with Gasteiger partial charge in [-0.2, -0.15) is 0 Å². The molecule has 1 aromatic heterocycles. The Morgan fingerprint density at radius 2 is 2.14 bits per heavy atom. The van der Waals surface area contributed by atoms with Gasteiger partial charge in [0.25, 0.3) is 0 Å². The molecule has 1 aromatic carbocycles. The van der Waals surface area contributed by atoms with Crippen molar-refractivity contribution < 1.29 is 13.9 Å². The van der Waals surface area contributed by atoms with Gasteiger partial charge in [-0.15, -0.1) is 11.3 Å². The van der Waals surface area contributed by atoms with Crippen molar-refractivity contribution in [1.82, 2.24) is 10.3 Å². The summed E-state index contributed by atoms with van der Waals surface area (Å²) in [5.41, 5.74) is 1.57. The summed E-state index contributed by atoms with van der Waals surface area (Å²) in [7, 11) is 0. The Kier molecular flexibility index (Phi) is 4.52. The lowest BCUT2D eigenvalue weighted by atomic mass is 10.0. The first-order valence-corrected chi connectivity index (χ1v) is 8.20. The van der Waals surface area contributed by atoms with E-state index < -0.39 is 17.7 Å². The van der Waals surface area contributed by atoms with Crippen molar-refractivity contribution in [2.24, 2.45) is 0 Å². The predicted octanol–water partition coefficient (Wildman–Crippen LogP) is 3.12. The monoisotopic (exact) mass is 324 g/mol. The summed E-state index contributed by atoms with van der Waals surface area (Å²) in [5.74, 6) is -1.85. The van der Waals surface area contributed by atoms with Gasteiger partial charge in [-0.05, 0) is 43.9 Å². The minimum absolute atomic E-state index is 0.288. The molecule has 1 aliphatic rings. The van der Waals surface area contributed by atoms with E-state index in [0.29, 0.717) is 12.1 Å². The Hall–Kier alpha value is -1.37. The molecule has 3 nitrogen and oxygen atoms in total. The third-order valence-corrected chi connectivity index (χ3v) is 5.13. The van der Waals surface area contributed by atoms with Crippen molar-refractivity contribution in [1.29, 1.82) is 0 Å². The van der Waals surface area contributed by atoms with E-state index in [9.17, 15) is 13.9 Å². The van der Waals surface area contributed by atoms with Crippen LogP contribution in [0, 0.1) is 11.6 Å². The molecule has 0 bridgehead atoms. The maximum absolute atomic E-state index is 13.2. The standard InChI is InChI=1S/C16H18F2N2OS/c1-9(16(21)10-5-6-11(17)12(18)7-10)19-8-15-20-13-3-2-4-14(13)22-15/h5-7,9,16,19,21H,2-4,8H2,1H3. The van der Waals surface area contributed by atoms with E-state index in [1.54, 1.807) is 11.3 Å². The molecular weight excluding hydrogens is 306 g/mol. The molecule has 1 heterocycles. The first-order valence-electron chi connectivity index (χ1n) is 7.38. The van der Waals surface area contributed by atoms with E-state index in [1.807, 2.05) is 6.92 Å². The first kappa shape index (κ1) is 15.5. The average molecular weight is 324 g/mol. The van der Waals surface area contributed by atoms with Crippen LogP contribution in [-0.2, 0) is 19.4 Å². The average Bonchev–Trinajstić information content (AvgIpc) is 3.08. The molecule has 1 aliphatic carbocycles. The van der Waals surface area contributed by atoms with Crippen LogP contribution in [0.1, 0.15) is 40.6 Å². The second kappa shape index (κ2) is 6.40. The second-order valence-electron chi connectivity index (χ2n) is 5.62. The Balaban J connectivity index is 1.60. The molecule has 118 valence electrons. The summed E-state index contributed by atoms with van der Waals surface area (Å²) in [6.45, 7) is 2.38. The summed E-state index contributed by atoms with van der Waals surface area (Å²) in [6, 6.07) is 3.19. The molecular formula is C16H18F2N2OS. The van der Waals surface area contributed by atoms with Gasteiger partial charge in [0.1, 0.15) is 5.01 Å². The highest BCUT2D eigenvalue weighted by molar-refractivity contribution is 7.11. The number of thiazole rings is 1. The molecule has 0 fully saturated rings. The molecule has 0 radical (unpaired) electrons. The van der Waals surface area contributed by atoms with E-state index in [4.69, 9.17) is 0 Å². The topological polar surface area (TPSA) is 45.2 Å². The van der Waals surface area contributed by atoms with Crippen LogP contribution < -0.4 is 5.32 Å². The maximum atomic E-state index is 13.2. The number of aryl methyl sites for hydroxylation is 2. The number of hydrogen-bond acceptors (Lipinski definition) is 4. The minimum atomic E-state index is -0.944. The van der Waals surface area contributed by atoms with E-state index >= 15 is 0 Å². The Labute approximate surface area is 132 Å². The number of rotatable bonds is 5. The number of benzene rings is 1. The van der Waals surface area contributed by atoms with Crippen molar-refractivity contribution in [3.05, 3.63) is 51.0 Å². The SMILES string of the molecule is CC(NCc1nc2c(s1)CCC2)C(O)c1ccc(F)c(F)c1.